The third-order valence-corrected chi connectivity index (χ3v) is 5.51. The normalized spacial score (nSPS) is 14.7. The summed E-state index contributed by atoms with van der Waals surface area (Å²) < 4.78 is 0. The monoisotopic (exact) mass is 331 g/mol. The Kier molecular flexibility index (Phi) is 4.74. The van der Waals surface area contributed by atoms with Crippen molar-refractivity contribution >= 4 is 35.0 Å². The molecule has 2 aromatic carbocycles. The summed E-state index contributed by atoms with van der Waals surface area (Å²) in [5, 5.41) is 0.657. The van der Waals surface area contributed by atoms with E-state index in [9.17, 15) is 4.79 Å². The molecule has 0 saturated carbocycles. The minimum Gasteiger partial charge on any atom is -0.311 e. The summed E-state index contributed by atoms with van der Waals surface area (Å²) in [4.78, 5) is 15.9. The third-order valence-electron chi connectivity index (χ3n) is 3.89. The third kappa shape index (κ3) is 3.16. The lowest BCUT2D eigenvalue weighted by atomic mass is 10.2. The van der Waals surface area contributed by atoms with Crippen molar-refractivity contribution in [2.75, 3.05) is 11.4 Å². The summed E-state index contributed by atoms with van der Waals surface area (Å²) in [6.45, 7) is 2.85. The highest BCUT2D eigenvalue weighted by Crippen LogP contribution is 2.33. The zero-order valence-corrected chi connectivity index (χ0v) is 14.0. The fourth-order valence-corrected chi connectivity index (χ4v) is 3.87. The van der Waals surface area contributed by atoms with E-state index < -0.39 is 0 Å². The quantitative estimate of drug-likeness (QED) is 0.750. The van der Waals surface area contributed by atoms with Crippen LogP contribution in [0.4, 0.5) is 5.69 Å². The number of fused-ring (bicyclic) bond motifs is 1. The van der Waals surface area contributed by atoms with Crippen molar-refractivity contribution in [1.82, 2.24) is 0 Å². The van der Waals surface area contributed by atoms with Gasteiger partial charge < -0.3 is 4.90 Å². The molecule has 1 aliphatic rings. The number of halogens is 1. The van der Waals surface area contributed by atoms with E-state index in [0.717, 1.165) is 35.0 Å². The SMILES string of the molecule is CCC(Sc1ccc(Cl)cc1)C(=O)N1CCc2ccccc21. The lowest BCUT2D eigenvalue weighted by Gasteiger charge is -2.23. The second-order valence-corrected chi connectivity index (χ2v) is 7.05. The zero-order valence-electron chi connectivity index (χ0n) is 12.5. The Morgan fingerprint density at radius 1 is 1.23 bits per heavy atom. The van der Waals surface area contributed by atoms with E-state index in [0.29, 0.717) is 0 Å². The first-order valence-corrected chi connectivity index (χ1v) is 8.76. The number of carbonyl (C=O) groups excluding carboxylic acids is 1. The average Bonchev–Trinajstić information content (AvgIpc) is 2.98. The Labute approximate surface area is 140 Å². The molecule has 0 radical (unpaired) electrons. The molecule has 0 fully saturated rings. The standard InChI is InChI=1S/C18H18ClNOS/c1-2-17(22-15-9-7-14(19)8-10-15)18(21)20-12-11-13-5-3-4-6-16(13)20/h3-10,17H,2,11-12H2,1H3. The van der Waals surface area contributed by atoms with Gasteiger partial charge in [0.2, 0.25) is 5.91 Å². The van der Waals surface area contributed by atoms with Gasteiger partial charge in [0.15, 0.2) is 0 Å². The molecule has 2 aromatic rings. The predicted molar refractivity (Wildman–Crippen MR) is 93.9 cm³/mol. The molecule has 2 nitrogen and oxygen atoms in total. The molecular formula is C18H18ClNOS. The van der Waals surface area contributed by atoms with Gasteiger partial charge in [-0.2, -0.15) is 0 Å². The summed E-state index contributed by atoms with van der Waals surface area (Å²) in [5.74, 6) is 0.201. The molecule has 3 rings (SSSR count). The molecule has 0 saturated heterocycles. The molecule has 1 heterocycles. The van der Waals surface area contributed by atoms with Crippen molar-refractivity contribution in [2.45, 2.75) is 29.9 Å². The van der Waals surface area contributed by atoms with Crippen LogP contribution in [-0.4, -0.2) is 17.7 Å². The van der Waals surface area contributed by atoms with Crippen LogP contribution in [0.3, 0.4) is 0 Å². The van der Waals surface area contributed by atoms with Crippen LogP contribution < -0.4 is 4.90 Å². The molecule has 1 amide bonds. The molecule has 0 aliphatic carbocycles. The molecule has 1 aliphatic heterocycles. The van der Waals surface area contributed by atoms with Crippen LogP contribution in [0, 0.1) is 0 Å². The van der Waals surface area contributed by atoms with Gasteiger partial charge in [-0.25, -0.2) is 0 Å². The topological polar surface area (TPSA) is 20.3 Å². The summed E-state index contributed by atoms with van der Waals surface area (Å²) in [5.41, 5.74) is 2.34. The van der Waals surface area contributed by atoms with E-state index in [-0.39, 0.29) is 11.2 Å². The van der Waals surface area contributed by atoms with Gasteiger partial charge in [0.05, 0.1) is 5.25 Å². The highest BCUT2D eigenvalue weighted by Gasteiger charge is 2.29. The Morgan fingerprint density at radius 3 is 2.68 bits per heavy atom. The minimum atomic E-state index is -0.0627. The van der Waals surface area contributed by atoms with Crippen LogP contribution in [0.5, 0.6) is 0 Å². The first-order chi connectivity index (χ1) is 10.7. The Balaban J connectivity index is 1.76. The highest BCUT2D eigenvalue weighted by molar-refractivity contribution is 8.00. The first kappa shape index (κ1) is 15.4. The summed E-state index contributed by atoms with van der Waals surface area (Å²) in [7, 11) is 0. The molecule has 0 spiro atoms. The number of hydrogen-bond acceptors (Lipinski definition) is 2. The molecule has 4 heteroatoms. The number of carbonyl (C=O) groups is 1. The lowest BCUT2D eigenvalue weighted by Crippen LogP contribution is -2.36. The minimum absolute atomic E-state index is 0.0627. The zero-order chi connectivity index (χ0) is 15.5. The van der Waals surface area contributed by atoms with Crippen LogP contribution in [0.1, 0.15) is 18.9 Å². The maximum absolute atomic E-state index is 12.9. The molecule has 0 bridgehead atoms. The maximum atomic E-state index is 12.9. The second kappa shape index (κ2) is 6.76. The number of para-hydroxylation sites is 1. The molecule has 1 atom stereocenters. The first-order valence-electron chi connectivity index (χ1n) is 7.50. The van der Waals surface area contributed by atoms with E-state index in [1.165, 1.54) is 5.56 Å². The Morgan fingerprint density at radius 2 is 1.95 bits per heavy atom. The number of rotatable bonds is 4. The molecule has 0 aromatic heterocycles. The number of thioether (sulfide) groups is 1. The number of nitrogens with zero attached hydrogens (tertiary/aromatic N) is 1. The maximum Gasteiger partial charge on any atom is 0.240 e. The molecule has 114 valence electrons. The smallest absolute Gasteiger partial charge is 0.240 e. The van der Waals surface area contributed by atoms with Gasteiger partial charge in [0.1, 0.15) is 0 Å². The van der Waals surface area contributed by atoms with Gasteiger partial charge in [0.25, 0.3) is 0 Å². The predicted octanol–water partition coefficient (Wildman–Crippen LogP) is 4.80. The largest absolute Gasteiger partial charge is 0.311 e. The Bertz CT molecular complexity index is 671. The van der Waals surface area contributed by atoms with Gasteiger partial charge in [-0.3, -0.25) is 4.79 Å². The molecule has 1 unspecified atom stereocenters. The van der Waals surface area contributed by atoms with Crippen LogP contribution in [0.2, 0.25) is 5.02 Å². The van der Waals surface area contributed by atoms with Crippen molar-refractivity contribution in [2.24, 2.45) is 0 Å². The van der Waals surface area contributed by atoms with Gasteiger partial charge in [0, 0.05) is 22.2 Å². The van der Waals surface area contributed by atoms with E-state index in [2.05, 4.69) is 13.0 Å². The number of anilines is 1. The lowest BCUT2D eigenvalue weighted by molar-refractivity contribution is -0.118. The van der Waals surface area contributed by atoms with E-state index in [1.807, 2.05) is 47.4 Å². The molecule has 22 heavy (non-hydrogen) atoms. The number of benzene rings is 2. The van der Waals surface area contributed by atoms with E-state index in [4.69, 9.17) is 11.6 Å². The summed E-state index contributed by atoms with van der Waals surface area (Å²) in [6, 6.07) is 15.9. The van der Waals surface area contributed by atoms with Crippen molar-refractivity contribution in [1.29, 1.82) is 0 Å². The summed E-state index contributed by atoms with van der Waals surface area (Å²) in [6.07, 6.45) is 1.76. The van der Waals surface area contributed by atoms with E-state index in [1.54, 1.807) is 11.8 Å². The van der Waals surface area contributed by atoms with Crippen LogP contribution in [0.15, 0.2) is 53.4 Å². The fraction of sp³-hybridized carbons (Fsp3) is 0.278. The van der Waals surface area contributed by atoms with Crippen molar-refractivity contribution in [3.8, 4) is 0 Å². The Hall–Kier alpha value is -1.45. The number of hydrogen-bond donors (Lipinski definition) is 0. The highest BCUT2D eigenvalue weighted by atomic mass is 35.5. The van der Waals surface area contributed by atoms with Crippen molar-refractivity contribution in [3.05, 3.63) is 59.1 Å². The van der Waals surface area contributed by atoms with Crippen molar-refractivity contribution < 1.29 is 4.79 Å². The number of amides is 1. The van der Waals surface area contributed by atoms with Crippen molar-refractivity contribution in [3.63, 3.8) is 0 Å². The second-order valence-electron chi connectivity index (χ2n) is 5.34. The van der Waals surface area contributed by atoms with E-state index >= 15 is 0 Å². The average molecular weight is 332 g/mol. The summed E-state index contributed by atoms with van der Waals surface area (Å²) >= 11 is 7.54. The van der Waals surface area contributed by atoms with Gasteiger partial charge in [-0.05, 0) is 48.7 Å². The van der Waals surface area contributed by atoms with Gasteiger partial charge in [-0.1, -0.05) is 36.7 Å². The van der Waals surface area contributed by atoms with Crippen LogP contribution in [0.25, 0.3) is 0 Å². The van der Waals surface area contributed by atoms with Gasteiger partial charge >= 0.3 is 0 Å². The fourth-order valence-electron chi connectivity index (χ4n) is 2.73. The molecular weight excluding hydrogens is 314 g/mol. The van der Waals surface area contributed by atoms with Crippen LogP contribution in [-0.2, 0) is 11.2 Å². The van der Waals surface area contributed by atoms with Crippen LogP contribution >= 0.6 is 23.4 Å². The molecule has 0 N–H and O–H groups in total. The van der Waals surface area contributed by atoms with Gasteiger partial charge in [-0.15, -0.1) is 11.8 Å².